The first kappa shape index (κ1) is 16.9. The van der Waals surface area contributed by atoms with Crippen molar-refractivity contribution in [2.45, 2.75) is 44.8 Å². The largest absolute Gasteiger partial charge is 0.481 e. The second-order valence-electron chi connectivity index (χ2n) is 4.70. The van der Waals surface area contributed by atoms with Gasteiger partial charge in [-0.1, -0.05) is 0 Å². The quantitative estimate of drug-likeness (QED) is 0.641. The third kappa shape index (κ3) is 7.24. The van der Waals surface area contributed by atoms with E-state index < -0.39 is 11.5 Å². The summed E-state index contributed by atoms with van der Waals surface area (Å²) >= 11 is 0. The van der Waals surface area contributed by atoms with Gasteiger partial charge in [-0.2, -0.15) is 0 Å². The highest BCUT2D eigenvalue weighted by Gasteiger charge is 2.29. The van der Waals surface area contributed by atoms with Crippen molar-refractivity contribution < 1.29 is 24.2 Å². The first-order valence-electron chi connectivity index (χ1n) is 5.87. The Labute approximate surface area is 108 Å². The van der Waals surface area contributed by atoms with E-state index in [0.717, 1.165) is 0 Å². The number of aliphatic carboxylic acids is 1. The molecule has 0 aliphatic carbocycles. The maximum atomic E-state index is 11.7. The molecule has 6 heteroatoms. The number of ether oxygens (including phenoxy) is 2. The van der Waals surface area contributed by atoms with Gasteiger partial charge >= 0.3 is 5.97 Å². The second kappa shape index (κ2) is 8.05. The molecule has 1 amide bonds. The Morgan fingerprint density at radius 1 is 1.39 bits per heavy atom. The van der Waals surface area contributed by atoms with E-state index >= 15 is 0 Å². The summed E-state index contributed by atoms with van der Waals surface area (Å²) in [7, 11) is 3.06. The summed E-state index contributed by atoms with van der Waals surface area (Å²) in [5.74, 6) is -1.17. The predicted octanol–water partition coefficient (Wildman–Crippen LogP) is 0.798. The lowest BCUT2D eigenvalue weighted by Crippen LogP contribution is -2.50. The average molecular weight is 261 g/mol. The van der Waals surface area contributed by atoms with Gasteiger partial charge in [-0.05, 0) is 20.3 Å². The van der Waals surface area contributed by atoms with Crippen molar-refractivity contribution in [3.05, 3.63) is 0 Å². The molecule has 18 heavy (non-hydrogen) atoms. The van der Waals surface area contributed by atoms with Crippen LogP contribution in [-0.4, -0.2) is 49.5 Å². The van der Waals surface area contributed by atoms with Crippen LogP contribution < -0.4 is 5.32 Å². The first-order valence-corrected chi connectivity index (χ1v) is 5.87. The highest BCUT2D eigenvalue weighted by Crippen LogP contribution is 2.11. The normalized spacial score (nSPS) is 15.8. The zero-order chi connectivity index (χ0) is 14.2. The minimum absolute atomic E-state index is 0.00362. The van der Waals surface area contributed by atoms with E-state index in [2.05, 4.69) is 5.32 Å². The summed E-state index contributed by atoms with van der Waals surface area (Å²) in [5.41, 5.74) is -0.881. The van der Waals surface area contributed by atoms with Gasteiger partial charge in [0.1, 0.15) is 0 Å². The minimum atomic E-state index is -0.972. The topological polar surface area (TPSA) is 84.9 Å². The van der Waals surface area contributed by atoms with Crippen molar-refractivity contribution in [1.82, 2.24) is 5.32 Å². The summed E-state index contributed by atoms with van der Waals surface area (Å²) in [5, 5.41) is 11.5. The fraction of sp³-hybridized carbons (Fsp3) is 0.833. The summed E-state index contributed by atoms with van der Waals surface area (Å²) in [6.45, 7) is 3.69. The molecule has 6 nitrogen and oxygen atoms in total. The number of carbonyl (C=O) groups excluding carboxylic acids is 1. The molecule has 0 saturated carbocycles. The smallest absolute Gasteiger partial charge is 0.305 e. The van der Waals surface area contributed by atoms with Gasteiger partial charge in [-0.15, -0.1) is 0 Å². The Bertz CT molecular complexity index is 282. The zero-order valence-electron chi connectivity index (χ0n) is 11.5. The van der Waals surface area contributed by atoms with E-state index in [9.17, 15) is 9.59 Å². The molecule has 2 N–H and O–H groups in total. The van der Waals surface area contributed by atoms with Crippen LogP contribution in [0.15, 0.2) is 0 Å². The number of rotatable bonds is 9. The van der Waals surface area contributed by atoms with Crippen LogP contribution in [0.4, 0.5) is 0 Å². The van der Waals surface area contributed by atoms with Crippen molar-refractivity contribution in [2.75, 3.05) is 20.8 Å². The number of methoxy groups -OCH3 is 2. The Hall–Kier alpha value is -1.14. The van der Waals surface area contributed by atoms with E-state index in [1.165, 1.54) is 7.11 Å². The second-order valence-corrected chi connectivity index (χ2v) is 4.70. The molecule has 0 heterocycles. The van der Waals surface area contributed by atoms with E-state index in [4.69, 9.17) is 14.6 Å². The molecule has 0 aromatic carbocycles. The maximum absolute atomic E-state index is 11.7. The molecule has 0 bridgehead atoms. The van der Waals surface area contributed by atoms with Gasteiger partial charge < -0.3 is 19.9 Å². The van der Waals surface area contributed by atoms with Crippen LogP contribution in [0.2, 0.25) is 0 Å². The van der Waals surface area contributed by atoms with Crippen LogP contribution >= 0.6 is 0 Å². The number of nitrogens with one attached hydrogen (secondary N) is 1. The molecule has 0 rings (SSSR count). The Balaban J connectivity index is 4.31. The van der Waals surface area contributed by atoms with Crippen LogP contribution in [0.25, 0.3) is 0 Å². The van der Waals surface area contributed by atoms with Gasteiger partial charge in [0.2, 0.25) is 5.91 Å². The molecule has 0 aromatic rings. The van der Waals surface area contributed by atoms with Crippen molar-refractivity contribution in [2.24, 2.45) is 0 Å². The molecule has 0 aliphatic heterocycles. The van der Waals surface area contributed by atoms with Gasteiger partial charge in [0.15, 0.2) is 0 Å². The van der Waals surface area contributed by atoms with Crippen LogP contribution in [0, 0.1) is 0 Å². The van der Waals surface area contributed by atoms with Crippen molar-refractivity contribution in [3.8, 4) is 0 Å². The Kier molecular flexibility index (Phi) is 7.54. The maximum Gasteiger partial charge on any atom is 0.305 e. The first-order chi connectivity index (χ1) is 8.33. The summed E-state index contributed by atoms with van der Waals surface area (Å²) in [6.07, 6.45) is 0.725. The van der Waals surface area contributed by atoms with Gasteiger partial charge in [-0.25, -0.2) is 0 Å². The fourth-order valence-electron chi connectivity index (χ4n) is 1.63. The molecule has 0 saturated heterocycles. The van der Waals surface area contributed by atoms with E-state index in [1.54, 1.807) is 14.0 Å². The summed E-state index contributed by atoms with van der Waals surface area (Å²) in [4.78, 5) is 22.5. The molecule has 2 unspecified atom stereocenters. The lowest BCUT2D eigenvalue weighted by molar-refractivity contribution is -0.139. The van der Waals surface area contributed by atoms with Crippen LogP contribution in [0.5, 0.6) is 0 Å². The van der Waals surface area contributed by atoms with Crippen LogP contribution in [0.1, 0.15) is 33.1 Å². The number of hydrogen-bond acceptors (Lipinski definition) is 4. The number of hydrogen-bond donors (Lipinski definition) is 2. The molecular weight excluding hydrogens is 238 g/mol. The number of carbonyl (C=O) groups is 2. The van der Waals surface area contributed by atoms with Gasteiger partial charge in [-0.3, -0.25) is 9.59 Å². The molecule has 0 radical (unpaired) electrons. The molecule has 0 aliphatic rings. The molecule has 2 atom stereocenters. The van der Waals surface area contributed by atoms with Crippen molar-refractivity contribution in [3.63, 3.8) is 0 Å². The number of carboxylic acids is 1. The highest BCUT2D eigenvalue weighted by atomic mass is 16.5. The third-order valence-corrected chi connectivity index (χ3v) is 2.63. The van der Waals surface area contributed by atoms with E-state index in [1.807, 2.05) is 6.92 Å². The highest BCUT2D eigenvalue weighted by molar-refractivity contribution is 5.78. The fourth-order valence-corrected chi connectivity index (χ4v) is 1.63. The molecule has 106 valence electrons. The van der Waals surface area contributed by atoms with Gasteiger partial charge in [0, 0.05) is 20.6 Å². The van der Waals surface area contributed by atoms with E-state index in [0.29, 0.717) is 12.8 Å². The Morgan fingerprint density at radius 3 is 2.44 bits per heavy atom. The number of amides is 1. The van der Waals surface area contributed by atoms with Crippen LogP contribution in [-0.2, 0) is 19.1 Å². The van der Waals surface area contributed by atoms with E-state index in [-0.39, 0.29) is 25.0 Å². The van der Waals surface area contributed by atoms with Gasteiger partial charge in [0.25, 0.3) is 0 Å². The average Bonchev–Trinajstić information content (AvgIpc) is 2.24. The molecular formula is C12H23NO5. The number of carboxylic acid groups (broad SMARTS) is 1. The SMILES string of the molecule is COCC(C)(CC(=O)O)NC(=O)CCC(C)OC. The monoisotopic (exact) mass is 261 g/mol. The Morgan fingerprint density at radius 2 is 2.00 bits per heavy atom. The standard InChI is InChI=1S/C12H23NO5/c1-9(18-4)5-6-10(14)13-12(2,8-17-3)7-11(15)16/h9H,5-8H2,1-4H3,(H,13,14)(H,15,16). The predicted molar refractivity (Wildman–Crippen MR) is 66.4 cm³/mol. The molecule has 0 aromatic heterocycles. The summed E-state index contributed by atoms with van der Waals surface area (Å²) in [6, 6.07) is 0. The minimum Gasteiger partial charge on any atom is -0.481 e. The van der Waals surface area contributed by atoms with Crippen molar-refractivity contribution in [1.29, 1.82) is 0 Å². The van der Waals surface area contributed by atoms with Crippen molar-refractivity contribution >= 4 is 11.9 Å². The zero-order valence-corrected chi connectivity index (χ0v) is 11.5. The third-order valence-electron chi connectivity index (χ3n) is 2.63. The van der Waals surface area contributed by atoms with Gasteiger partial charge in [0.05, 0.1) is 24.7 Å². The lowest BCUT2D eigenvalue weighted by atomic mass is 9.98. The molecule has 0 fully saturated rings. The molecule has 0 spiro atoms. The summed E-state index contributed by atoms with van der Waals surface area (Å²) < 4.78 is 10.00. The van der Waals surface area contributed by atoms with Crippen LogP contribution in [0.3, 0.4) is 0 Å². The lowest BCUT2D eigenvalue weighted by Gasteiger charge is -2.28.